The minimum atomic E-state index is -0.157. The van der Waals surface area contributed by atoms with Crippen molar-refractivity contribution in [3.63, 3.8) is 0 Å². The van der Waals surface area contributed by atoms with Crippen LogP contribution < -0.4 is 10.1 Å². The van der Waals surface area contributed by atoms with Crippen LogP contribution in [-0.2, 0) is 9.53 Å². The molecule has 1 aliphatic rings. The van der Waals surface area contributed by atoms with Crippen LogP contribution in [0.4, 0.5) is 0 Å². The molecule has 0 unspecified atom stereocenters. The Morgan fingerprint density at radius 1 is 1.14 bits per heavy atom. The molecule has 0 radical (unpaired) electrons. The fourth-order valence-electron chi connectivity index (χ4n) is 4.04. The van der Waals surface area contributed by atoms with Crippen LogP contribution in [0.1, 0.15) is 77.7 Å². The van der Waals surface area contributed by atoms with E-state index in [-0.39, 0.29) is 36.4 Å². The van der Waals surface area contributed by atoms with Crippen molar-refractivity contribution < 1.29 is 23.9 Å². The molecule has 1 aliphatic heterocycles. The van der Waals surface area contributed by atoms with Crippen molar-refractivity contribution in [3.05, 3.63) is 45.9 Å². The number of nitrogens with zero attached hydrogens (tertiary/aromatic N) is 2. The maximum atomic E-state index is 12.6. The van der Waals surface area contributed by atoms with Crippen LogP contribution in [0.15, 0.2) is 29.6 Å². The van der Waals surface area contributed by atoms with Crippen molar-refractivity contribution in [1.29, 1.82) is 0 Å². The van der Waals surface area contributed by atoms with Gasteiger partial charge in [0.25, 0.3) is 5.91 Å². The van der Waals surface area contributed by atoms with Gasteiger partial charge in [0.2, 0.25) is 5.91 Å². The van der Waals surface area contributed by atoms with Crippen LogP contribution in [0.3, 0.4) is 0 Å². The van der Waals surface area contributed by atoms with Gasteiger partial charge in [0, 0.05) is 62.6 Å². The number of carbonyl (C=O) groups excluding carboxylic acids is 3. The monoisotopic (exact) mass is 515 g/mol. The van der Waals surface area contributed by atoms with Gasteiger partial charge in [-0.05, 0) is 49.4 Å². The Hall–Kier alpha value is -2.78. The molecule has 0 aliphatic carbocycles. The predicted molar refractivity (Wildman–Crippen MR) is 140 cm³/mol. The number of likely N-dealkylation sites (tertiary alicyclic amines) is 1. The molecule has 8 nitrogen and oxygen atoms in total. The fraction of sp³-hybridized carbons (Fsp3) is 0.556. The molecule has 1 saturated heterocycles. The molecular weight excluding hydrogens is 478 g/mol. The second-order valence-corrected chi connectivity index (χ2v) is 10.3. The minimum absolute atomic E-state index is 0.00638. The minimum Gasteiger partial charge on any atom is -0.497 e. The van der Waals surface area contributed by atoms with Gasteiger partial charge in [-0.15, -0.1) is 11.3 Å². The number of carbonyl (C=O) groups is 3. The van der Waals surface area contributed by atoms with Crippen LogP contribution in [0.25, 0.3) is 0 Å². The number of ether oxygens (including phenoxy) is 2. The molecule has 36 heavy (non-hydrogen) atoms. The molecule has 0 atom stereocenters. The second kappa shape index (κ2) is 14.1. The molecule has 0 bridgehead atoms. The number of Topliss-reactive ketones (excluding diaryl/α,β-unsaturated/α-hetero) is 1. The lowest BCUT2D eigenvalue weighted by Crippen LogP contribution is -2.38. The highest BCUT2D eigenvalue weighted by Crippen LogP contribution is 2.30. The first kappa shape index (κ1) is 27.8. The standard InChI is InChI=1S/C27H37N3O5S/c1-19(2)17-35-16-4-13-28-26(33)23-18-36-27(29-23)21-11-14-30(15-12-21)25(32)10-9-24(31)20-5-7-22(34-3)8-6-20/h5-8,18-19,21H,4,9-17H2,1-3H3,(H,28,33). The zero-order chi connectivity index (χ0) is 25.9. The lowest BCUT2D eigenvalue weighted by Gasteiger charge is -2.31. The van der Waals surface area contributed by atoms with Gasteiger partial charge < -0.3 is 19.7 Å². The molecule has 1 fully saturated rings. The zero-order valence-corrected chi connectivity index (χ0v) is 22.3. The van der Waals surface area contributed by atoms with Crippen molar-refractivity contribution in [1.82, 2.24) is 15.2 Å². The molecule has 1 aromatic carbocycles. The third-order valence-corrected chi connectivity index (χ3v) is 7.14. The average molecular weight is 516 g/mol. The van der Waals surface area contributed by atoms with Crippen LogP contribution in [0, 0.1) is 5.92 Å². The maximum Gasteiger partial charge on any atom is 0.270 e. The van der Waals surface area contributed by atoms with Gasteiger partial charge in [0.15, 0.2) is 5.78 Å². The van der Waals surface area contributed by atoms with Crippen LogP contribution >= 0.6 is 11.3 Å². The van der Waals surface area contributed by atoms with Crippen LogP contribution in [-0.4, -0.2) is 67.4 Å². The predicted octanol–water partition coefficient (Wildman–Crippen LogP) is 4.31. The molecular formula is C27H37N3O5S. The van der Waals surface area contributed by atoms with Crippen molar-refractivity contribution >= 4 is 28.9 Å². The van der Waals surface area contributed by atoms with E-state index in [1.54, 1.807) is 31.4 Å². The highest BCUT2D eigenvalue weighted by Gasteiger charge is 2.26. The topological polar surface area (TPSA) is 97.8 Å². The van der Waals surface area contributed by atoms with Crippen molar-refractivity contribution in [2.24, 2.45) is 5.92 Å². The Morgan fingerprint density at radius 3 is 2.53 bits per heavy atom. The number of ketones is 1. The van der Waals surface area contributed by atoms with E-state index in [2.05, 4.69) is 24.1 Å². The molecule has 0 spiro atoms. The number of nitrogens with one attached hydrogen (secondary N) is 1. The Kier molecular flexibility index (Phi) is 10.9. The molecule has 3 rings (SSSR count). The van der Waals surface area contributed by atoms with E-state index >= 15 is 0 Å². The quantitative estimate of drug-likeness (QED) is 0.315. The highest BCUT2D eigenvalue weighted by molar-refractivity contribution is 7.09. The summed E-state index contributed by atoms with van der Waals surface area (Å²) >= 11 is 1.51. The summed E-state index contributed by atoms with van der Waals surface area (Å²) in [4.78, 5) is 43.8. The number of amides is 2. The fourth-order valence-corrected chi connectivity index (χ4v) is 5.01. The molecule has 196 valence electrons. The smallest absolute Gasteiger partial charge is 0.270 e. The maximum absolute atomic E-state index is 12.6. The number of methoxy groups -OCH3 is 1. The molecule has 9 heteroatoms. The van der Waals surface area contributed by atoms with Crippen molar-refractivity contribution in [3.8, 4) is 5.75 Å². The van der Waals surface area contributed by atoms with Crippen molar-refractivity contribution in [2.45, 2.75) is 51.9 Å². The SMILES string of the molecule is COc1ccc(C(=O)CCC(=O)N2CCC(c3nc(C(=O)NCCCOCC(C)C)cs3)CC2)cc1. The first-order valence-electron chi connectivity index (χ1n) is 12.6. The van der Waals surface area contributed by atoms with Gasteiger partial charge in [-0.1, -0.05) is 13.8 Å². The van der Waals surface area contributed by atoms with Gasteiger partial charge in [-0.25, -0.2) is 4.98 Å². The molecule has 1 aromatic heterocycles. The molecule has 0 saturated carbocycles. The normalized spacial score (nSPS) is 14.2. The van der Waals surface area contributed by atoms with Gasteiger partial charge in [-0.2, -0.15) is 0 Å². The molecule has 2 amide bonds. The van der Waals surface area contributed by atoms with E-state index in [0.29, 0.717) is 49.2 Å². The van der Waals surface area contributed by atoms with E-state index in [0.717, 1.165) is 30.9 Å². The number of benzene rings is 1. The third kappa shape index (κ3) is 8.41. The summed E-state index contributed by atoms with van der Waals surface area (Å²) in [7, 11) is 1.58. The van der Waals surface area contributed by atoms with Gasteiger partial charge >= 0.3 is 0 Å². The number of thiazole rings is 1. The summed E-state index contributed by atoms with van der Waals surface area (Å²) in [6, 6.07) is 6.94. The number of hydrogen-bond acceptors (Lipinski definition) is 7. The van der Waals surface area contributed by atoms with E-state index in [1.165, 1.54) is 11.3 Å². The first-order valence-corrected chi connectivity index (χ1v) is 13.5. The summed E-state index contributed by atoms with van der Waals surface area (Å²) in [5.74, 6) is 1.25. The first-order chi connectivity index (χ1) is 17.4. The van der Waals surface area contributed by atoms with Crippen LogP contribution in [0.2, 0.25) is 0 Å². The molecule has 2 heterocycles. The second-order valence-electron chi connectivity index (χ2n) is 9.46. The van der Waals surface area contributed by atoms with E-state index in [9.17, 15) is 14.4 Å². The largest absolute Gasteiger partial charge is 0.497 e. The number of piperidine rings is 1. The lowest BCUT2D eigenvalue weighted by molar-refractivity contribution is -0.132. The Labute approximate surface area is 217 Å². The number of rotatable bonds is 13. The summed E-state index contributed by atoms with van der Waals surface area (Å²) in [6.07, 6.45) is 2.78. The molecule has 2 aromatic rings. The van der Waals surface area contributed by atoms with Gasteiger partial charge in [-0.3, -0.25) is 14.4 Å². The zero-order valence-electron chi connectivity index (χ0n) is 21.5. The number of hydrogen-bond donors (Lipinski definition) is 1. The lowest BCUT2D eigenvalue weighted by atomic mass is 9.97. The van der Waals surface area contributed by atoms with Gasteiger partial charge in [0.1, 0.15) is 11.4 Å². The van der Waals surface area contributed by atoms with E-state index < -0.39 is 0 Å². The van der Waals surface area contributed by atoms with Gasteiger partial charge in [0.05, 0.1) is 12.1 Å². The Morgan fingerprint density at radius 2 is 1.86 bits per heavy atom. The van der Waals surface area contributed by atoms with E-state index in [4.69, 9.17) is 9.47 Å². The third-order valence-electron chi connectivity index (χ3n) is 6.13. The highest BCUT2D eigenvalue weighted by atomic mass is 32.1. The molecule has 1 N–H and O–H groups in total. The summed E-state index contributed by atoms with van der Waals surface area (Å²) in [5.41, 5.74) is 1.04. The van der Waals surface area contributed by atoms with Crippen LogP contribution in [0.5, 0.6) is 5.75 Å². The summed E-state index contributed by atoms with van der Waals surface area (Å²) < 4.78 is 10.6. The number of aromatic nitrogens is 1. The average Bonchev–Trinajstić information content (AvgIpc) is 3.39. The Bertz CT molecular complexity index is 997. The summed E-state index contributed by atoms with van der Waals surface area (Å²) in [6.45, 7) is 7.41. The van der Waals surface area contributed by atoms with Crippen molar-refractivity contribution in [2.75, 3.05) is 40.0 Å². The van der Waals surface area contributed by atoms with E-state index in [1.807, 2.05) is 10.3 Å². The Balaban J connectivity index is 1.37. The summed E-state index contributed by atoms with van der Waals surface area (Å²) in [5, 5.41) is 5.66.